The lowest BCUT2D eigenvalue weighted by Gasteiger charge is -2.41. The van der Waals surface area contributed by atoms with Crippen molar-refractivity contribution in [2.24, 2.45) is 0 Å². The molecule has 0 spiro atoms. The van der Waals surface area contributed by atoms with Crippen LogP contribution in [0.25, 0.3) is 0 Å². The van der Waals surface area contributed by atoms with E-state index in [0.29, 0.717) is 0 Å². The van der Waals surface area contributed by atoms with Gasteiger partial charge in [-0.25, -0.2) is 0 Å². The molecular formula is C14H31NSi2. The fourth-order valence-electron chi connectivity index (χ4n) is 4.33. The second kappa shape index (κ2) is 5.18. The van der Waals surface area contributed by atoms with Crippen LogP contribution in [0.3, 0.4) is 0 Å². The number of nitrogens with one attached hydrogen (secondary N) is 1. The smallest absolute Gasteiger partial charge is 0.116 e. The highest BCUT2D eigenvalue weighted by atomic mass is 28.4. The molecule has 100 valence electrons. The van der Waals surface area contributed by atoms with E-state index in [1.807, 2.05) is 0 Å². The zero-order valence-corrected chi connectivity index (χ0v) is 14.3. The van der Waals surface area contributed by atoms with E-state index in [9.17, 15) is 0 Å². The molecule has 2 aliphatic carbocycles. The van der Waals surface area contributed by atoms with Crippen LogP contribution >= 0.6 is 0 Å². The second-order valence-corrected chi connectivity index (χ2v) is 17.1. The van der Waals surface area contributed by atoms with Crippen LogP contribution < -0.4 is 4.65 Å². The van der Waals surface area contributed by atoms with Crippen LogP contribution in [0.2, 0.25) is 37.3 Å². The first kappa shape index (κ1) is 13.8. The molecule has 0 atom stereocenters. The maximum Gasteiger partial charge on any atom is 0.116 e. The molecule has 3 heteroatoms. The summed E-state index contributed by atoms with van der Waals surface area (Å²) in [6, 6.07) is 0. The average molecular weight is 270 g/mol. The highest BCUT2D eigenvalue weighted by Gasteiger charge is 2.42. The van der Waals surface area contributed by atoms with Crippen molar-refractivity contribution in [3.8, 4) is 0 Å². The molecule has 0 heterocycles. The molecule has 1 N–H and O–H groups in total. The van der Waals surface area contributed by atoms with E-state index in [0.717, 1.165) is 11.1 Å². The van der Waals surface area contributed by atoms with Crippen molar-refractivity contribution in [1.29, 1.82) is 0 Å². The molecule has 0 aromatic heterocycles. The third kappa shape index (κ3) is 3.24. The van der Waals surface area contributed by atoms with Crippen LogP contribution in [0.15, 0.2) is 0 Å². The van der Waals surface area contributed by atoms with Crippen LogP contribution in [0.5, 0.6) is 0 Å². The zero-order valence-electron chi connectivity index (χ0n) is 12.3. The number of rotatable bonds is 4. The Balaban J connectivity index is 1.97. The normalized spacial score (nSPS) is 24.7. The maximum atomic E-state index is 4.29. The summed E-state index contributed by atoms with van der Waals surface area (Å²) in [7, 11) is -2.32. The Morgan fingerprint density at radius 3 is 1.24 bits per heavy atom. The summed E-state index contributed by atoms with van der Waals surface area (Å²) in [6.07, 6.45) is 12.0. The molecule has 0 unspecified atom stereocenters. The molecule has 2 rings (SSSR count). The van der Waals surface area contributed by atoms with Crippen molar-refractivity contribution in [2.75, 3.05) is 0 Å². The third-order valence-electron chi connectivity index (χ3n) is 5.40. The molecule has 0 saturated heterocycles. The first-order valence-corrected chi connectivity index (χ1v) is 13.9. The maximum absolute atomic E-state index is 4.29. The molecule has 17 heavy (non-hydrogen) atoms. The van der Waals surface area contributed by atoms with Crippen molar-refractivity contribution < 1.29 is 0 Å². The predicted molar refractivity (Wildman–Crippen MR) is 82.5 cm³/mol. The van der Waals surface area contributed by atoms with Crippen LogP contribution in [0.4, 0.5) is 0 Å². The zero-order chi connectivity index (χ0) is 12.5. The van der Waals surface area contributed by atoms with Crippen molar-refractivity contribution >= 4 is 16.5 Å². The van der Waals surface area contributed by atoms with Crippen molar-refractivity contribution in [2.45, 2.75) is 88.6 Å². The molecule has 1 nitrogen and oxygen atoms in total. The van der Waals surface area contributed by atoms with Crippen LogP contribution in [-0.4, -0.2) is 16.5 Å². The Hall–Kier alpha value is 0.394. The Labute approximate surface area is 110 Å². The molecule has 0 aromatic rings. The van der Waals surface area contributed by atoms with E-state index in [1.165, 1.54) is 51.4 Å². The summed E-state index contributed by atoms with van der Waals surface area (Å²) in [5, 5.41) is 0. The monoisotopic (exact) mass is 269 g/mol. The molecule has 0 aliphatic heterocycles. The van der Waals surface area contributed by atoms with Crippen molar-refractivity contribution in [1.82, 2.24) is 4.65 Å². The number of hydrogen-bond acceptors (Lipinski definition) is 1. The van der Waals surface area contributed by atoms with Gasteiger partial charge >= 0.3 is 0 Å². The van der Waals surface area contributed by atoms with Crippen LogP contribution in [0, 0.1) is 0 Å². The summed E-state index contributed by atoms with van der Waals surface area (Å²) >= 11 is 0. The van der Waals surface area contributed by atoms with Crippen LogP contribution in [-0.2, 0) is 0 Å². The Bertz CT molecular complexity index is 225. The Morgan fingerprint density at radius 1 is 0.647 bits per heavy atom. The highest BCUT2D eigenvalue weighted by molar-refractivity contribution is 6.92. The first-order chi connectivity index (χ1) is 7.92. The van der Waals surface area contributed by atoms with Gasteiger partial charge in [0.25, 0.3) is 0 Å². The van der Waals surface area contributed by atoms with Gasteiger partial charge in [0, 0.05) is 0 Å². The fraction of sp³-hybridized carbons (Fsp3) is 1.00. The van der Waals surface area contributed by atoms with E-state index in [2.05, 4.69) is 30.8 Å². The van der Waals surface area contributed by atoms with Crippen molar-refractivity contribution in [3.05, 3.63) is 0 Å². The Kier molecular flexibility index (Phi) is 4.21. The van der Waals surface area contributed by atoms with Gasteiger partial charge in [0.15, 0.2) is 0 Å². The van der Waals surface area contributed by atoms with Gasteiger partial charge in [-0.05, 0) is 11.1 Å². The fourth-order valence-corrected chi connectivity index (χ4v) is 16.3. The van der Waals surface area contributed by atoms with Gasteiger partial charge in [0.2, 0.25) is 0 Å². The van der Waals surface area contributed by atoms with Gasteiger partial charge in [0.1, 0.15) is 16.5 Å². The summed E-state index contributed by atoms with van der Waals surface area (Å²) in [6.45, 7) is 10.4. The van der Waals surface area contributed by atoms with Gasteiger partial charge in [0.05, 0.1) is 0 Å². The van der Waals surface area contributed by atoms with E-state index in [1.54, 1.807) is 0 Å². The molecule has 0 radical (unpaired) electrons. The summed E-state index contributed by atoms with van der Waals surface area (Å²) in [5.74, 6) is 0. The molecule has 0 aromatic carbocycles. The minimum absolute atomic E-state index is 1.07. The SMILES string of the molecule is C[Si](C)(N[Si](C)(C)C1CCCC1)C1CCCC1. The molecule has 2 fully saturated rings. The minimum Gasteiger partial charge on any atom is -0.359 e. The summed E-state index contributed by atoms with van der Waals surface area (Å²) < 4.78 is 4.29. The predicted octanol–water partition coefficient (Wildman–Crippen LogP) is 4.87. The van der Waals surface area contributed by atoms with E-state index < -0.39 is 16.5 Å². The van der Waals surface area contributed by atoms with Gasteiger partial charge in [-0.1, -0.05) is 77.6 Å². The largest absolute Gasteiger partial charge is 0.359 e. The molecular weight excluding hydrogens is 238 g/mol. The Morgan fingerprint density at radius 2 is 0.941 bits per heavy atom. The minimum atomic E-state index is -1.16. The van der Waals surface area contributed by atoms with E-state index in [-0.39, 0.29) is 0 Å². The topological polar surface area (TPSA) is 12.0 Å². The third-order valence-corrected chi connectivity index (χ3v) is 15.8. The quantitative estimate of drug-likeness (QED) is 0.718. The summed E-state index contributed by atoms with van der Waals surface area (Å²) in [4.78, 5) is 0. The van der Waals surface area contributed by atoms with E-state index >= 15 is 0 Å². The van der Waals surface area contributed by atoms with E-state index in [4.69, 9.17) is 0 Å². The van der Waals surface area contributed by atoms with Gasteiger partial charge in [-0.15, -0.1) is 0 Å². The van der Waals surface area contributed by atoms with Crippen LogP contribution in [0.1, 0.15) is 51.4 Å². The lowest BCUT2D eigenvalue weighted by Crippen LogP contribution is -2.62. The highest BCUT2D eigenvalue weighted by Crippen LogP contribution is 2.41. The number of hydrogen-bond donors (Lipinski definition) is 1. The lowest BCUT2D eigenvalue weighted by molar-refractivity contribution is 0.795. The average Bonchev–Trinajstić information content (AvgIpc) is 2.91. The van der Waals surface area contributed by atoms with Gasteiger partial charge in [-0.2, -0.15) is 0 Å². The van der Waals surface area contributed by atoms with Gasteiger partial charge in [-0.3, -0.25) is 0 Å². The van der Waals surface area contributed by atoms with Crippen molar-refractivity contribution in [3.63, 3.8) is 0 Å². The molecule has 2 aliphatic rings. The summed E-state index contributed by atoms with van der Waals surface area (Å²) in [5.41, 5.74) is 2.13. The molecule has 2 saturated carbocycles. The first-order valence-electron chi connectivity index (χ1n) is 7.71. The lowest BCUT2D eigenvalue weighted by atomic mass is 10.4. The molecule has 0 amide bonds. The second-order valence-electron chi connectivity index (χ2n) is 7.53. The molecule has 0 bridgehead atoms. The van der Waals surface area contributed by atoms with Gasteiger partial charge < -0.3 is 4.65 Å². The standard InChI is InChI=1S/C14H31NSi2/c1-16(2,13-9-5-6-10-13)15-17(3,4)14-11-7-8-12-14/h13-15H,5-12H2,1-4H3.